The van der Waals surface area contributed by atoms with Gasteiger partial charge in [-0.3, -0.25) is 4.98 Å². The molecular formula is C14H14N2. The summed E-state index contributed by atoms with van der Waals surface area (Å²) in [5, 5.41) is 3.41. The van der Waals surface area contributed by atoms with Gasteiger partial charge in [0.25, 0.3) is 0 Å². The predicted molar refractivity (Wildman–Crippen MR) is 66.6 cm³/mol. The quantitative estimate of drug-likeness (QED) is 0.782. The molecule has 1 aliphatic rings. The molecule has 0 atom stereocenters. The lowest BCUT2D eigenvalue weighted by Gasteiger charge is -2.10. The maximum atomic E-state index is 4.15. The van der Waals surface area contributed by atoms with E-state index in [-0.39, 0.29) is 0 Å². The molecule has 2 heterocycles. The summed E-state index contributed by atoms with van der Waals surface area (Å²) < 4.78 is 0. The lowest BCUT2D eigenvalue weighted by atomic mass is 9.96. The molecule has 0 bridgehead atoms. The highest BCUT2D eigenvalue weighted by molar-refractivity contribution is 5.77. The number of fused-ring (bicyclic) bond motifs is 1. The molecule has 2 aromatic rings. The second-order valence-corrected chi connectivity index (χ2v) is 4.20. The first-order chi connectivity index (χ1) is 7.86. The zero-order valence-electron chi connectivity index (χ0n) is 9.33. The van der Waals surface area contributed by atoms with Gasteiger partial charge in [0.1, 0.15) is 0 Å². The van der Waals surface area contributed by atoms with Gasteiger partial charge in [-0.25, -0.2) is 0 Å². The SMILES string of the molecule is Cc1cnccc1-c1cccc2c1CCN2. The number of hydrogen-bond acceptors (Lipinski definition) is 2. The van der Waals surface area contributed by atoms with Crippen LogP contribution in [-0.2, 0) is 6.42 Å². The van der Waals surface area contributed by atoms with Gasteiger partial charge in [-0.1, -0.05) is 12.1 Å². The summed E-state index contributed by atoms with van der Waals surface area (Å²) in [4.78, 5) is 4.15. The van der Waals surface area contributed by atoms with Gasteiger partial charge in [0.2, 0.25) is 0 Å². The van der Waals surface area contributed by atoms with Crippen molar-refractivity contribution in [2.75, 3.05) is 11.9 Å². The van der Waals surface area contributed by atoms with Crippen LogP contribution in [0.5, 0.6) is 0 Å². The van der Waals surface area contributed by atoms with Crippen molar-refractivity contribution in [2.45, 2.75) is 13.3 Å². The van der Waals surface area contributed by atoms with Crippen LogP contribution in [0, 0.1) is 6.92 Å². The van der Waals surface area contributed by atoms with Crippen molar-refractivity contribution in [3.63, 3.8) is 0 Å². The minimum Gasteiger partial charge on any atom is -0.384 e. The molecule has 2 nitrogen and oxygen atoms in total. The molecule has 2 heteroatoms. The Morgan fingerprint density at radius 3 is 3.00 bits per heavy atom. The molecule has 0 aliphatic carbocycles. The molecule has 1 N–H and O–H groups in total. The minimum atomic E-state index is 1.05. The fourth-order valence-electron chi connectivity index (χ4n) is 2.37. The van der Waals surface area contributed by atoms with Crippen LogP contribution in [0.15, 0.2) is 36.7 Å². The third kappa shape index (κ3) is 1.38. The number of benzene rings is 1. The summed E-state index contributed by atoms with van der Waals surface area (Å²) in [5.41, 5.74) is 6.62. The van der Waals surface area contributed by atoms with Crippen molar-refractivity contribution < 1.29 is 0 Å². The van der Waals surface area contributed by atoms with E-state index in [4.69, 9.17) is 0 Å². The van der Waals surface area contributed by atoms with Crippen molar-refractivity contribution in [1.29, 1.82) is 0 Å². The number of aryl methyl sites for hydroxylation is 1. The van der Waals surface area contributed by atoms with Gasteiger partial charge in [0.15, 0.2) is 0 Å². The van der Waals surface area contributed by atoms with Crippen molar-refractivity contribution in [2.24, 2.45) is 0 Å². The molecule has 1 aromatic heterocycles. The van der Waals surface area contributed by atoms with Crippen LogP contribution in [-0.4, -0.2) is 11.5 Å². The highest BCUT2D eigenvalue weighted by Gasteiger charge is 2.15. The Morgan fingerprint density at radius 1 is 1.19 bits per heavy atom. The first-order valence-corrected chi connectivity index (χ1v) is 5.63. The van der Waals surface area contributed by atoms with Crippen LogP contribution in [0.4, 0.5) is 5.69 Å². The normalized spacial score (nSPS) is 13.3. The molecule has 0 saturated carbocycles. The van der Waals surface area contributed by atoms with Gasteiger partial charge in [-0.2, -0.15) is 0 Å². The predicted octanol–water partition coefficient (Wildman–Crippen LogP) is 3.03. The molecular weight excluding hydrogens is 196 g/mol. The summed E-state index contributed by atoms with van der Waals surface area (Å²) in [7, 11) is 0. The Morgan fingerprint density at radius 2 is 2.12 bits per heavy atom. The Bertz CT molecular complexity index is 532. The fourth-order valence-corrected chi connectivity index (χ4v) is 2.37. The average molecular weight is 210 g/mol. The molecule has 16 heavy (non-hydrogen) atoms. The number of nitrogens with one attached hydrogen (secondary N) is 1. The summed E-state index contributed by atoms with van der Waals surface area (Å²) >= 11 is 0. The standard InChI is InChI=1S/C14H14N2/c1-10-9-15-7-5-11(10)12-3-2-4-14-13(12)6-8-16-14/h2-5,7,9,16H,6,8H2,1H3. The zero-order valence-corrected chi connectivity index (χ0v) is 9.33. The van der Waals surface area contributed by atoms with Crippen molar-refractivity contribution >= 4 is 5.69 Å². The van der Waals surface area contributed by atoms with Gasteiger partial charge in [-0.05, 0) is 47.7 Å². The number of aromatic nitrogens is 1. The number of hydrogen-bond donors (Lipinski definition) is 1. The van der Waals surface area contributed by atoms with E-state index < -0.39 is 0 Å². The van der Waals surface area contributed by atoms with E-state index in [1.807, 2.05) is 12.4 Å². The minimum absolute atomic E-state index is 1.05. The second kappa shape index (κ2) is 3.63. The molecule has 0 amide bonds. The van der Waals surface area contributed by atoms with E-state index in [0.29, 0.717) is 0 Å². The van der Waals surface area contributed by atoms with E-state index in [1.54, 1.807) is 0 Å². The Kier molecular flexibility index (Phi) is 2.13. The third-order valence-electron chi connectivity index (χ3n) is 3.18. The summed E-state index contributed by atoms with van der Waals surface area (Å²) in [6, 6.07) is 8.58. The second-order valence-electron chi connectivity index (χ2n) is 4.20. The van der Waals surface area contributed by atoms with Crippen LogP contribution >= 0.6 is 0 Å². The molecule has 80 valence electrons. The number of anilines is 1. The molecule has 0 unspecified atom stereocenters. The van der Waals surface area contributed by atoms with Crippen LogP contribution in [0.3, 0.4) is 0 Å². The van der Waals surface area contributed by atoms with Gasteiger partial charge < -0.3 is 5.32 Å². The van der Waals surface area contributed by atoms with Gasteiger partial charge in [-0.15, -0.1) is 0 Å². The van der Waals surface area contributed by atoms with Crippen LogP contribution in [0.25, 0.3) is 11.1 Å². The maximum absolute atomic E-state index is 4.15. The summed E-state index contributed by atoms with van der Waals surface area (Å²) in [6.45, 7) is 3.17. The third-order valence-corrected chi connectivity index (χ3v) is 3.18. The highest BCUT2D eigenvalue weighted by atomic mass is 14.9. The number of rotatable bonds is 1. The molecule has 0 saturated heterocycles. The highest BCUT2D eigenvalue weighted by Crippen LogP contribution is 2.33. The van der Waals surface area contributed by atoms with Gasteiger partial charge in [0, 0.05) is 24.6 Å². The summed E-state index contributed by atoms with van der Waals surface area (Å²) in [5.74, 6) is 0. The number of pyridine rings is 1. The van der Waals surface area contributed by atoms with Gasteiger partial charge >= 0.3 is 0 Å². The van der Waals surface area contributed by atoms with Crippen LogP contribution in [0.2, 0.25) is 0 Å². The number of nitrogens with zero attached hydrogens (tertiary/aromatic N) is 1. The Balaban J connectivity index is 2.21. The monoisotopic (exact) mass is 210 g/mol. The largest absolute Gasteiger partial charge is 0.384 e. The van der Waals surface area contributed by atoms with Crippen LogP contribution in [0.1, 0.15) is 11.1 Å². The van der Waals surface area contributed by atoms with E-state index in [9.17, 15) is 0 Å². The van der Waals surface area contributed by atoms with Gasteiger partial charge in [0.05, 0.1) is 0 Å². The van der Waals surface area contributed by atoms with Crippen LogP contribution < -0.4 is 5.32 Å². The topological polar surface area (TPSA) is 24.9 Å². The fraction of sp³-hybridized carbons (Fsp3) is 0.214. The van der Waals surface area contributed by atoms with E-state index in [2.05, 4.69) is 41.5 Å². The summed E-state index contributed by atoms with van der Waals surface area (Å²) in [6.07, 6.45) is 4.91. The van der Waals surface area contributed by atoms with Crippen molar-refractivity contribution in [1.82, 2.24) is 4.98 Å². The average Bonchev–Trinajstić information content (AvgIpc) is 2.77. The Hall–Kier alpha value is -1.83. The molecule has 3 rings (SSSR count). The smallest absolute Gasteiger partial charge is 0.0379 e. The van der Waals surface area contributed by atoms with E-state index in [1.165, 1.54) is 27.9 Å². The van der Waals surface area contributed by atoms with E-state index in [0.717, 1.165) is 13.0 Å². The first-order valence-electron chi connectivity index (χ1n) is 5.63. The lowest BCUT2D eigenvalue weighted by molar-refractivity contribution is 1.11. The lowest BCUT2D eigenvalue weighted by Crippen LogP contribution is -1.90. The molecule has 1 aliphatic heterocycles. The first kappa shape index (κ1) is 9.40. The molecule has 0 radical (unpaired) electrons. The van der Waals surface area contributed by atoms with Crippen molar-refractivity contribution in [3.05, 3.63) is 47.8 Å². The van der Waals surface area contributed by atoms with Crippen molar-refractivity contribution in [3.8, 4) is 11.1 Å². The molecule has 1 aromatic carbocycles. The molecule has 0 spiro atoms. The molecule has 0 fully saturated rings. The maximum Gasteiger partial charge on any atom is 0.0379 e. The van der Waals surface area contributed by atoms with E-state index >= 15 is 0 Å². The zero-order chi connectivity index (χ0) is 11.0. The Labute approximate surface area is 95.3 Å².